The molecule has 0 aromatic heterocycles. The second kappa shape index (κ2) is 8.82. The van der Waals surface area contributed by atoms with E-state index in [4.69, 9.17) is 9.47 Å². The van der Waals surface area contributed by atoms with Crippen LogP contribution in [0.2, 0.25) is 0 Å². The Bertz CT molecular complexity index is 754. The smallest absolute Gasteiger partial charge is 0.257 e. The number of rotatable bonds is 7. The fraction of sp³-hybridized carbons (Fsp3) is 0.278. The molecule has 25 heavy (non-hydrogen) atoms. The summed E-state index contributed by atoms with van der Waals surface area (Å²) in [4.78, 5) is 14.1. The van der Waals surface area contributed by atoms with Crippen LogP contribution in [-0.2, 0) is 6.54 Å². The van der Waals surface area contributed by atoms with Crippen LogP contribution in [0.25, 0.3) is 0 Å². The van der Waals surface area contributed by atoms with E-state index in [1.54, 1.807) is 31.4 Å². The van der Waals surface area contributed by atoms with Crippen molar-refractivity contribution in [2.45, 2.75) is 6.54 Å². The molecule has 0 saturated carbocycles. The van der Waals surface area contributed by atoms with Gasteiger partial charge in [-0.3, -0.25) is 4.79 Å². The van der Waals surface area contributed by atoms with Crippen molar-refractivity contribution < 1.29 is 23.8 Å². The average Bonchev–Trinajstić information content (AvgIpc) is 2.61. The van der Waals surface area contributed by atoms with E-state index in [0.29, 0.717) is 16.0 Å². The highest BCUT2D eigenvalue weighted by atomic mass is 79.9. The lowest BCUT2D eigenvalue weighted by Gasteiger charge is -2.23. The first kappa shape index (κ1) is 19.2. The summed E-state index contributed by atoms with van der Waals surface area (Å²) in [5, 5.41) is 9.29. The van der Waals surface area contributed by atoms with Gasteiger partial charge in [0, 0.05) is 29.2 Å². The van der Waals surface area contributed by atoms with Gasteiger partial charge in [0.15, 0.2) is 0 Å². The molecule has 5 nitrogen and oxygen atoms in total. The van der Waals surface area contributed by atoms with Gasteiger partial charge in [0.05, 0.1) is 26.4 Å². The molecule has 0 aliphatic rings. The van der Waals surface area contributed by atoms with Crippen molar-refractivity contribution in [2.75, 3.05) is 27.4 Å². The van der Waals surface area contributed by atoms with Crippen molar-refractivity contribution in [3.63, 3.8) is 0 Å². The van der Waals surface area contributed by atoms with Gasteiger partial charge in [-0.05, 0) is 30.3 Å². The van der Waals surface area contributed by atoms with Crippen molar-refractivity contribution >= 4 is 21.8 Å². The molecule has 2 aromatic carbocycles. The molecule has 2 aromatic rings. The van der Waals surface area contributed by atoms with Crippen molar-refractivity contribution in [1.82, 2.24) is 4.90 Å². The minimum Gasteiger partial charge on any atom is -0.497 e. The summed E-state index contributed by atoms with van der Waals surface area (Å²) in [6.07, 6.45) is 0. The Labute approximate surface area is 154 Å². The molecule has 0 aliphatic carbocycles. The number of aliphatic hydroxyl groups is 1. The highest BCUT2D eigenvalue weighted by Crippen LogP contribution is 2.26. The summed E-state index contributed by atoms with van der Waals surface area (Å²) in [5.74, 6) is 0.0480. The minimum atomic E-state index is -0.621. The van der Waals surface area contributed by atoms with Gasteiger partial charge in [-0.1, -0.05) is 15.9 Å². The Hall–Kier alpha value is -2.12. The molecule has 2 rings (SSSR count). The number of benzene rings is 2. The third-order valence-corrected chi connectivity index (χ3v) is 4.17. The highest BCUT2D eigenvalue weighted by Gasteiger charge is 2.21. The van der Waals surface area contributed by atoms with Crippen LogP contribution in [0.15, 0.2) is 40.9 Å². The van der Waals surface area contributed by atoms with Gasteiger partial charge >= 0.3 is 0 Å². The molecule has 1 N–H and O–H groups in total. The molecule has 0 heterocycles. The standard InChI is InChI=1S/C18H19BrFNO4/c1-24-14-5-3-12(17(10-14)25-2)11-21(7-8-22)18(23)15-6-4-13(19)9-16(15)20/h3-6,9-10,22H,7-8,11H2,1-2H3. The first-order valence-corrected chi connectivity index (χ1v) is 8.35. The number of halogens is 2. The lowest BCUT2D eigenvalue weighted by molar-refractivity contribution is 0.0702. The quantitative estimate of drug-likeness (QED) is 0.759. The average molecular weight is 412 g/mol. The molecule has 0 unspecified atom stereocenters. The summed E-state index contributed by atoms with van der Waals surface area (Å²) in [6.45, 7) is 0.00788. The number of carbonyl (C=O) groups is 1. The second-order valence-corrected chi connectivity index (χ2v) is 6.17. The molecule has 0 radical (unpaired) electrons. The predicted molar refractivity (Wildman–Crippen MR) is 95.5 cm³/mol. The number of nitrogens with zero attached hydrogens (tertiary/aromatic N) is 1. The predicted octanol–water partition coefficient (Wildman–Crippen LogP) is 3.24. The number of hydrogen-bond donors (Lipinski definition) is 1. The van der Waals surface area contributed by atoms with E-state index >= 15 is 0 Å². The van der Waals surface area contributed by atoms with Crippen molar-refractivity contribution in [1.29, 1.82) is 0 Å². The van der Waals surface area contributed by atoms with Crippen LogP contribution < -0.4 is 9.47 Å². The highest BCUT2D eigenvalue weighted by molar-refractivity contribution is 9.10. The Kier molecular flexibility index (Phi) is 6.78. The topological polar surface area (TPSA) is 59.0 Å². The number of hydrogen-bond acceptors (Lipinski definition) is 4. The number of methoxy groups -OCH3 is 2. The third kappa shape index (κ3) is 4.70. The Morgan fingerprint density at radius 3 is 2.56 bits per heavy atom. The summed E-state index contributed by atoms with van der Waals surface area (Å²) in [5.41, 5.74) is 0.673. The van der Waals surface area contributed by atoms with Crippen LogP contribution in [0.1, 0.15) is 15.9 Å². The normalized spacial score (nSPS) is 10.4. The zero-order valence-electron chi connectivity index (χ0n) is 14.0. The fourth-order valence-corrected chi connectivity index (χ4v) is 2.73. The van der Waals surface area contributed by atoms with E-state index < -0.39 is 11.7 Å². The first-order valence-electron chi connectivity index (χ1n) is 7.56. The largest absolute Gasteiger partial charge is 0.497 e. The summed E-state index contributed by atoms with van der Waals surface area (Å²) < 4.78 is 25.1. The molecular weight excluding hydrogens is 393 g/mol. The van der Waals surface area contributed by atoms with E-state index in [-0.39, 0.29) is 25.3 Å². The van der Waals surface area contributed by atoms with Crippen molar-refractivity contribution in [3.8, 4) is 11.5 Å². The molecule has 0 atom stereocenters. The summed E-state index contributed by atoms with van der Waals surface area (Å²) in [7, 11) is 3.07. The van der Waals surface area contributed by atoms with Crippen LogP contribution in [0.4, 0.5) is 4.39 Å². The molecule has 1 amide bonds. The number of ether oxygens (including phenoxy) is 2. The molecular formula is C18H19BrFNO4. The lowest BCUT2D eigenvalue weighted by Crippen LogP contribution is -2.33. The SMILES string of the molecule is COc1ccc(CN(CCO)C(=O)c2ccc(Br)cc2F)c(OC)c1. The van der Waals surface area contributed by atoms with Gasteiger partial charge in [-0.2, -0.15) is 0 Å². The lowest BCUT2D eigenvalue weighted by atomic mass is 10.1. The maximum Gasteiger partial charge on any atom is 0.257 e. The molecule has 0 saturated heterocycles. The van der Waals surface area contributed by atoms with Crippen molar-refractivity contribution in [2.24, 2.45) is 0 Å². The Balaban J connectivity index is 2.30. The number of aliphatic hydroxyl groups excluding tert-OH is 1. The monoisotopic (exact) mass is 411 g/mol. The van der Waals surface area contributed by atoms with E-state index in [2.05, 4.69) is 15.9 Å². The van der Waals surface area contributed by atoms with Crippen molar-refractivity contribution in [3.05, 3.63) is 57.8 Å². The van der Waals surface area contributed by atoms with Crippen LogP contribution >= 0.6 is 15.9 Å². The molecule has 7 heteroatoms. The first-order chi connectivity index (χ1) is 12.0. The Morgan fingerprint density at radius 1 is 1.20 bits per heavy atom. The minimum absolute atomic E-state index is 0.0517. The van der Waals surface area contributed by atoms with E-state index in [0.717, 1.165) is 5.56 Å². The third-order valence-electron chi connectivity index (χ3n) is 3.67. The number of carbonyl (C=O) groups excluding carboxylic acids is 1. The molecule has 0 spiro atoms. The van der Waals surface area contributed by atoms with Gasteiger partial charge in [0.1, 0.15) is 17.3 Å². The van der Waals surface area contributed by atoms with Gasteiger partial charge in [0.2, 0.25) is 0 Å². The Morgan fingerprint density at radius 2 is 1.96 bits per heavy atom. The van der Waals surface area contributed by atoms with E-state index in [9.17, 15) is 14.3 Å². The molecule has 0 bridgehead atoms. The fourth-order valence-electron chi connectivity index (χ4n) is 2.39. The second-order valence-electron chi connectivity index (χ2n) is 5.25. The van der Waals surface area contributed by atoms with Crippen LogP contribution in [-0.4, -0.2) is 43.3 Å². The van der Waals surface area contributed by atoms with Gasteiger partial charge in [-0.15, -0.1) is 0 Å². The van der Waals surface area contributed by atoms with Gasteiger partial charge in [-0.25, -0.2) is 4.39 Å². The summed E-state index contributed by atoms with van der Waals surface area (Å²) >= 11 is 3.17. The summed E-state index contributed by atoms with van der Waals surface area (Å²) in [6, 6.07) is 9.47. The zero-order chi connectivity index (χ0) is 18.4. The zero-order valence-corrected chi connectivity index (χ0v) is 15.5. The van der Waals surface area contributed by atoms with E-state index in [1.165, 1.54) is 24.1 Å². The van der Waals surface area contributed by atoms with Crippen LogP contribution in [0.3, 0.4) is 0 Å². The van der Waals surface area contributed by atoms with Gasteiger partial charge in [0.25, 0.3) is 5.91 Å². The van der Waals surface area contributed by atoms with Gasteiger partial charge < -0.3 is 19.5 Å². The van der Waals surface area contributed by atoms with Crippen LogP contribution in [0.5, 0.6) is 11.5 Å². The van der Waals surface area contributed by atoms with Crippen LogP contribution in [0, 0.1) is 5.82 Å². The number of amides is 1. The van der Waals surface area contributed by atoms with E-state index in [1.807, 2.05) is 0 Å². The molecule has 0 aliphatic heterocycles. The molecule has 0 fully saturated rings. The maximum absolute atomic E-state index is 14.1. The maximum atomic E-state index is 14.1. The molecule has 134 valence electrons.